The summed E-state index contributed by atoms with van der Waals surface area (Å²) in [7, 11) is 0. The normalized spacial score (nSPS) is 10.8. The van der Waals surface area contributed by atoms with E-state index >= 15 is 0 Å². The second-order valence-corrected chi connectivity index (χ2v) is 4.94. The first kappa shape index (κ1) is 17.1. The standard InChI is InChI=1S/C15H22N2O4/c16-8-2-4-10(5-3-9-17)13-11(14(18)19)6-1-7-12(13)15(20)21/h1,6-7,10H,2-5,8-9,16-17H2,(H,18,19)(H,20,21). The van der Waals surface area contributed by atoms with Gasteiger partial charge in [-0.05, 0) is 62.4 Å². The summed E-state index contributed by atoms with van der Waals surface area (Å²) in [5.74, 6) is -2.38. The van der Waals surface area contributed by atoms with E-state index < -0.39 is 11.9 Å². The SMILES string of the molecule is NCCCC(CCCN)c1c(C(=O)O)cccc1C(=O)O. The van der Waals surface area contributed by atoms with Crippen molar-refractivity contribution in [3.8, 4) is 0 Å². The average molecular weight is 294 g/mol. The first-order chi connectivity index (χ1) is 10.0. The molecule has 6 nitrogen and oxygen atoms in total. The second-order valence-electron chi connectivity index (χ2n) is 4.94. The zero-order chi connectivity index (χ0) is 15.8. The fourth-order valence-electron chi connectivity index (χ4n) is 2.54. The molecule has 0 aliphatic carbocycles. The van der Waals surface area contributed by atoms with Crippen LogP contribution in [0.1, 0.15) is 57.9 Å². The van der Waals surface area contributed by atoms with Crippen LogP contribution in [0.4, 0.5) is 0 Å². The van der Waals surface area contributed by atoms with E-state index in [1.54, 1.807) is 0 Å². The third-order valence-electron chi connectivity index (χ3n) is 3.49. The number of aromatic carboxylic acids is 2. The molecule has 0 aliphatic rings. The largest absolute Gasteiger partial charge is 0.478 e. The number of carboxylic acids is 2. The van der Waals surface area contributed by atoms with E-state index in [1.807, 2.05) is 0 Å². The Kier molecular flexibility index (Phi) is 6.84. The van der Waals surface area contributed by atoms with Crippen molar-refractivity contribution < 1.29 is 19.8 Å². The van der Waals surface area contributed by atoms with Crippen molar-refractivity contribution in [1.82, 2.24) is 0 Å². The monoisotopic (exact) mass is 294 g/mol. The molecule has 0 atom stereocenters. The molecule has 0 saturated heterocycles. The molecule has 0 aromatic heterocycles. The first-order valence-corrected chi connectivity index (χ1v) is 7.02. The van der Waals surface area contributed by atoms with Gasteiger partial charge in [0.2, 0.25) is 0 Å². The Morgan fingerprint density at radius 1 is 0.952 bits per heavy atom. The first-order valence-electron chi connectivity index (χ1n) is 7.02. The minimum absolute atomic E-state index is 0.0499. The molecule has 0 fully saturated rings. The maximum Gasteiger partial charge on any atom is 0.335 e. The lowest BCUT2D eigenvalue weighted by atomic mass is 9.83. The van der Waals surface area contributed by atoms with Gasteiger partial charge in [-0.3, -0.25) is 0 Å². The van der Waals surface area contributed by atoms with Gasteiger partial charge >= 0.3 is 11.9 Å². The minimum Gasteiger partial charge on any atom is -0.478 e. The fourth-order valence-corrected chi connectivity index (χ4v) is 2.54. The molecule has 0 unspecified atom stereocenters. The quantitative estimate of drug-likeness (QED) is 0.548. The van der Waals surface area contributed by atoms with Crippen molar-refractivity contribution in [2.75, 3.05) is 13.1 Å². The van der Waals surface area contributed by atoms with Crippen LogP contribution in [0.5, 0.6) is 0 Å². The van der Waals surface area contributed by atoms with Gasteiger partial charge in [-0.15, -0.1) is 0 Å². The number of benzene rings is 1. The van der Waals surface area contributed by atoms with Crippen LogP contribution in [0.25, 0.3) is 0 Å². The average Bonchev–Trinajstić information content (AvgIpc) is 2.46. The molecule has 6 heteroatoms. The lowest BCUT2D eigenvalue weighted by Gasteiger charge is -2.21. The summed E-state index contributed by atoms with van der Waals surface area (Å²) in [6, 6.07) is 4.35. The summed E-state index contributed by atoms with van der Waals surface area (Å²) in [5.41, 5.74) is 11.5. The van der Waals surface area contributed by atoms with E-state index in [-0.39, 0.29) is 17.0 Å². The highest BCUT2D eigenvalue weighted by Gasteiger charge is 2.24. The van der Waals surface area contributed by atoms with Crippen molar-refractivity contribution in [2.45, 2.75) is 31.6 Å². The molecule has 21 heavy (non-hydrogen) atoms. The molecular formula is C15H22N2O4. The second kappa shape index (κ2) is 8.39. The number of nitrogens with two attached hydrogens (primary N) is 2. The Morgan fingerprint density at radius 2 is 1.38 bits per heavy atom. The minimum atomic E-state index is -1.11. The number of carboxylic acid groups (broad SMARTS) is 2. The number of hydrogen-bond donors (Lipinski definition) is 4. The molecule has 1 aromatic rings. The van der Waals surface area contributed by atoms with Crippen molar-refractivity contribution >= 4 is 11.9 Å². The van der Waals surface area contributed by atoms with Crippen LogP contribution in [0.2, 0.25) is 0 Å². The van der Waals surface area contributed by atoms with E-state index in [0.717, 1.165) is 0 Å². The van der Waals surface area contributed by atoms with Crippen LogP contribution in [-0.4, -0.2) is 35.2 Å². The summed E-state index contributed by atoms with van der Waals surface area (Å²) in [6.45, 7) is 0.966. The van der Waals surface area contributed by atoms with E-state index in [4.69, 9.17) is 11.5 Å². The topological polar surface area (TPSA) is 127 Å². The predicted octanol–water partition coefficient (Wildman–Crippen LogP) is 1.64. The summed E-state index contributed by atoms with van der Waals surface area (Å²) >= 11 is 0. The van der Waals surface area contributed by atoms with E-state index in [2.05, 4.69) is 0 Å². The predicted molar refractivity (Wildman–Crippen MR) is 79.7 cm³/mol. The maximum absolute atomic E-state index is 11.4. The highest BCUT2D eigenvalue weighted by molar-refractivity contribution is 5.96. The van der Waals surface area contributed by atoms with Crippen LogP contribution in [0, 0.1) is 0 Å². The van der Waals surface area contributed by atoms with E-state index in [9.17, 15) is 19.8 Å². The van der Waals surface area contributed by atoms with Gasteiger partial charge in [0.15, 0.2) is 0 Å². The van der Waals surface area contributed by atoms with Crippen molar-refractivity contribution in [2.24, 2.45) is 11.5 Å². The maximum atomic E-state index is 11.4. The molecule has 1 rings (SSSR count). The van der Waals surface area contributed by atoms with Crippen LogP contribution in [0.15, 0.2) is 18.2 Å². The van der Waals surface area contributed by atoms with Gasteiger partial charge in [-0.2, -0.15) is 0 Å². The summed E-state index contributed by atoms with van der Waals surface area (Å²) in [5, 5.41) is 18.7. The molecule has 0 heterocycles. The molecular weight excluding hydrogens is 272 g/mol. The lowest BCUT2D eigenvalue weighted by molar-refractivity contribution is 0.0694. The van der Waals surface area contributed by atoms with Gasteiger partial charge in [0.1, 0.15) is 0 Å². The van der Waals surface area contributed by atoms with Crippen LogP contribution >= 0.6 is 0 Å². The number of carbonyl (C=O) groups is 2. The van der Waals surface area contributed by atoms with Gasteiger partial charge in [0, 0.05) is 0 Å². The third-order valence-corrected chi connectivity index (χ3v) is 3.49. The summed E-state index contributed by atoms with van der Waals surface area (Å²) in [4.78, 5) is 22.8. The van der Waals surface area contributed by atoms with Crippen molar-refractivity contribution in [1.29, 1.82) is 0 Å². The Balaban J connectivity index is 3.30. The van der Waals surface area contributed by atoms with Gasteiger partial charge in [-0.1, -0.05) is 6.07 Å². The zero-order valence-electron chi connectivity index (χ0n) is 11.9. The Hall–Kier alpha value is -1.92. The Labute approximate surface area is 123 Å². The van der Waals surface area contributed by atoms with Crippen LogP contribution in [0.3, 0.4) is 0 Å². The molecule has 0 bridgehead atoms. The molecule has 0 saturated carbocycles. The molecule has 6 N–H and O–H groups in total. The third kappa shape index (κ3) is 4.54. The summed E-state index contributed by atoms with van der Waals surface area (Å²) < 4.78 is 0. The molecule has 0 radical (unpaired) electrons. The Morgan fingerprint density at radius 3 is 1.71 bits per heavy atom. The van der Waals surface area contributed by atoms with Gasteiger partial charge in [0.25, 0.3) is 0 Å². The van der Waals surface area contributed by atoms with Gasteiger partial charge in [-0.25, -0.2) is 9.59 Å². The number of hydrogen-bond acceptors (Lipinski definition) is 4. The Bertz CT molecular complexity index is 462. The highest BCUT2D eigenvalue weighted by Crippen LogP contribution is 2.32. The fraction of sp³-hybridized carbons (Fsp3) is 0.467. The van der Waals surface area contributed by atoms with Crippen LogP contribution in [-0.2, 0) is 0 Å². The lowest BCUT2D eigenvalue weighted by Crippen LogP contribution is -2.16. The van der Waals surface area contributed by atoms with Gasteiger partial charge in [0.05, 0.1) is 11.1 Å². The van der Waals surface area contributed by atoms with Crippen molar-refractivity contribution in [3.63, 3.8) is 0 Å². The number of rotatable bonds is 9. The molecule has 116 valence electrons. The molecule has 1 aromatic carbocycles. The van der Waals surface area contributed by atoms with Gasteiger partial charge < -0.3 is 21.7 Å². The smallest absolute Gasteiger partial charge is 0.335 e. The summed E-state index contributed by atoms with van der Waals surface area (Å²) in [6.07, 6.45) is 2.73. The highest BCUT2D eigenvalue weighted by atomic mass is 16.4. The van der Waals surface area contributed by atoms with Crippen molar-refractivity contribution in [3.05, 3.63) is 34.9 Å². The van der Waals surface area contributed by atoms with E-state index in [0.29, 0.717) is 44.3 Å². The van der Waals surface area contributed by atoms with Crippen LogP contribution < -0.4 is 11.5 Å². The molecule has 0 spiro atoms. The zero-order valence-corrected chi connectivity index (χ0v) is 11.9. The van der Waals surface area contributed by atoms with E-state index in [1.165, 1.54) is 18.2 Å². The molecule has 0 amide bonds. The molecule has 0 aliphatic heterocycles.